The van der Waals surface area contributed by atoms with Gasteiger partial charge in [0.1, 0.15) is 10.7 Å². The van der Waals surface area contributed by atoms with E-state index in [-0.39, 0.29) is 10.5 Å². The van der Waals surface area contributed by atoms with Crippen LogP contribution in [0.3, 0.4) is 0 Å². The standard InChI is InChI=1S/C15H17N3O2S/c1-4-18-15(19)11(14(16)21)8-12(17-18)10-5-6-13(20-3)9(2)7-10/h5-8H,4H2,1-3H3,(H2,16,21). The number of ether oxygens (including phenoxy) is 1. The lowest BCUT2D eigenvalue weighted by molar-refractivity contribution is 0.412. The van der Waals surface area contributed by atoms with E-state index in [4.69, 9.17) is 22.7 Å². The van der Waals surface area contributed by atoms with Crippen LogP contribution in [-0.2, 0) is 6.54 Å². The first-order valence-corrected chi connectivity index (χ1v) is 6.95. The number of aryl methyl sites for hydroxylation is 2. The molecular weight excluding hydrogens is 286 g/mol. The molecule has 2 rings (SSSR count). The van der Waals surface area contributed by atoms with Crippen molar-refractivity contribution in [2.75, 3.05) is 7.11 Å². The summed E-state index contributed by atoms with van der Waals surface area (Å²) >= 11 is 4.95. The summed E-state index contributed by atoms with van der Waals surface area (Å²) in [6.45, 7) is 4.25. The van der Waals surface area contributed by atoms with Gasteiger partial charge in [0.05, 0.1) is 18.4 Å². The van der Waals surface area contributed by atoms with Crippen molar-refractivity contribution in [1.82, 2.24) is 9.78 Å². The molecule has 0 bridgehead atoms. The molecule has 0 atom stereocenters. The Hall–Kier alpha value is -2.21. The van der Waals surface area contributed by atoms with Crippen LogP contribution >= 0.6 is 12.2 Å². The van der Waals surface area contributed by atoms with Gasteiger partial charge in [-0.1, -0.05) is 12.2 Å². The Morgan fingerprint density at radius 1 is 1.43 bits per heavy atom. The van der Waals surface area contributed by atoms with E-state index in [2.05, 4.69) is 5.10 Å². The number of rotatable bonds is 4. The number of nitrogens with two attached hydrogens (primary N) is 1. The minimum atomic E-state index is -0.265. The Labute approximate surface area is 128 Å². The number of thiocarbonyl (C=S) groups is 1. The molecule has 1 aromatic carbocycles. The molecule has 2 N–H and O–H groups in total. The van der Waals surface area contributed by atoms with Crippen molar-refractivity contribution < 1.29 is 4.74 Å². The van der Waals surface area contributed by atoms with Crippen LogP contribution in [0.5, 0.6) is 5.75 Å². The molecule has 0 fully saturated rings. The van der Waals surface area contributed by atoms with E-state index in [9.17, 15) is 4.79 Å². The van der Waals surface area contributed by atoms with Gasteiger partial charge in [-0.2, -0.15) is 5.10 Å². The third-order valence-corrected chi connectivity index (χ3v) is 3.45. The van der Waals surface area contributed by atoms with Crippen LogP contribution < -0.4 is 16.0 Å². The highest BCUT2D eigenvalue weighted by Gasteiger charge is 2.12. The Bertz CT molecular complexity index is 753. The summed E-state index contributed by atoms with van der Waals surface area (Å²) in [5.41, 5.74) is 8.21. The molecule has 110 valence electrons. The normalized spacial score (nSPS) is 10.4. The molecule has 6 heteroatoms. The third kappa shape index (κ3) is 2.95. The maximum Gasteiger partial charge on any atom is 0.277 e. The number of hydrogen-bond donors (Lipinski definition) is 1. The second-order valence-corrected chi connectivity index (χ2v) is 5.05. The predicted octanol–water partition coefficient (Wildman–Crippen LogP) is 1.88. The predicted molar refractivity (Wildman–Crippen MR) is 86.8 cm³/mol. The molecule has 1 aromatic heterocycles. The Kier molecular flexibility index (Phi) is 4.37. The first kappa shape index (κ1) is 15.2. The average molecular weight is 303 g/mol. The fourth-order valence-electron chi connectivity index (χ4n) is 2.11. The summed E-state index contributed by atoms with van der Waals surface area (Å²) in [5, 5.41) is 4.35. The molecule has 0 unspecified atom stereocenters. The van der Waals surface area contributed by atoms with E-state index in [1.807, 2.05) is 32.0 Å². The van der Waals surface area contributed by atoms with Crippen molar-refractivity contribution >= 4 is 17.2 Å². The quantitative estimate of drug-likeness (QED) is 0.873. The van der Waals surface area contributed by atoms with Crippen molar-refractivity contribution in [2.45, 2.75) is 20.4 Å². The second kappa shape index (κ2) is 6.05. The van der Waals surface area contributed by atoms with Crippen LogP contribution in [0.2, 0.25) is 0 Å². The summed E-state index contributed by atoms with van der Waals surface area (Å²) in [6.07, 6.45) is 0. The average Bonchev–Trinajstić information content (AvgIpc) is 2.47. The molecule has 5 nitrogen and oxygen atoms in total. The molecule has 1 heterocycles. The van der Waals surface area contributed by atoms with Crippen molar-refractivity contribution in [3.63, 3.8) is 0 Å². The highest BCUT2D eigenvalue weighted by Crippen LogP contribution is 2.24. The van der Waals surface area contributed by atoms with Crippen LogP contribution in [0, 0.1) is 6.92 Å². The number of aromatic nitrogens is 2. The van der Waals surface area contributed by atoms with Gasteiger partial charge in [0, 0.05) is 12.1 Å². The topological polar surface area (TPSA) is 70.1 Å². The van der Waals surface area contributed by atoms with Crippen molar-refractivity contribution in [1.29, 1.82) is 0 Å². The second-order valence-electron chi connectivity index (χ2n) is 4.61. The molecule has 2 aromatic rings. The summed E-state index contributed by atoms with van der Waals surface area (Å²) in [7, 11) is 1.63. The zero-order valence-electron chi connectivity index (χ0n) is 12.2. The third-order valence-electron chi connectivity index (χ3n) is 3.23. The van der Waals surface area contributed by atoms with Crippen LogP contribution in [0.1, 0.15) is 18.1 Å². The Morgan fingerprint density at radius 3 is 2.67 bits per heavy atom. The van der Waals surface area contributed by atoms with E-state index in [0.717, 1.165) is 16.9 Å². The van der Waals surface area contributed by atoms with Crippen LogP contribution in [0.25, 0.3) is 11.3 Å². The molecule has 0 aliphatic carbocycles. The van der Waals surface area contributed by atoms with Crippen LogP contribution in [0.15, 0.2) is 29.1 Å². The van der Waals surface area contributed by atoms with Gasteiger partial charge in [0.15, 0.2) is 0 Å². The number of hydrogen-bond acceptors (Lipinski definition) is 4. The zero-order chi connectivity index (χ0) is 15.6. The Balaban J connectivity index is 2.64. The molecule has 21 heavy (non-hydrogen) atoms. The van der Waals surface area contributed by atoms with Crippen LogP contribution in [-0.4, -0.2) is 21.9 Å². The van der Waals surface area contributed by atoms with Gasteiger partial charge < -0.3 is 10.5 Å². The van der Waals surface area contributed by atoms with Gasteiger partial charge in [-0.3, -0.25) is 4.79 Å². The largest absolute Gasteiger partial charge is 0.496 e. The lowest BCUT2D eigenvalue weighted by Gasteiger charge is -2.10. The van der Waals surface area contributed by atoms with Gasteiger partial charge in [-0.15, -0.1) is 0 Å². The van der Waals surface area contributed by atoms with Gasteiger partial charge in [0.25, 0.3) is 5.56 Å². The highest BCUT2D eigenvalue weighted by molar-refractivity contribution is 7.80. The van der Waals surface area contributed by atoms with Crippen molar-refractivity contribution in [3.05, 3.63) is 45.7 Å². The van der Waals surface area contributed by atoms with E-state index in [1.54, 1.807) is 13.2 Å². The lowest BCUT2D eigenvalue weighted by Crippen LogP contribution is -2.30. The van der Waals surface area contributed by atoms with E-state index < -0.39 is 0 Å². The monoisotopic (exact) mass is 303 g/mol. The van der Waals surface area contributed by atoms with E-state index in [1.165, 1.54) is 4.68 Å². The molecule has 0 spiro atoms. The smallest absolute Gasteiger partial charge is 0.277 e. The van der Waals surface area contributed by atoms with Crippen molar-refractivity contribution in [2.24, 2.45) is 5.73 Å². The summed E-state index contributed by atoms with van der Waals surface area (Å²) < 4.78 is 6.61. The number of benzene rings is 1. The van der Waals surface area contributed by atoms with Gasteiger partial charge in [0.2, 0.25) is 0 Å². The minimum absolute atomic E-state index is 0.0797. The Morgan fingerprint density at radius 2 is 2.14 bits per heavy atom. The van der Waals surface area contributed by atoms with Gasteiger partial charge in [-0.25, -0.2) is 4.68 Å². The van der Waals surface area contributed by atoms with Crippen LogP contribution in [0.4, 0.5) is 0 Å². The fourth-order valence-corrected chi connectivity index (χ4v) is 2.26. The maximum atomic E-state index is 12.1. The van der Waals surface area contributed by atoms with E-state index >= 15 is 0 Å². The molecule has 0 aliphatic heterocycles. The number of methoxy groups -OCH3 is 1. The van der Waals surface area contributed by atoms with Crippen molar-refractivity contribution in [3.8, 4) is 17.0 Å². The molecule has 0 amide bonds. The highest BCUT2D eigenvalue weighted by atomic mass is 32.1. The zero-order valence-corrected chi connectivity index (χ0v) is 13.0. The summed E-state index contributed by atoms with van der Waals surface area (Å²) in [5.74, 6) is 0.803. The molecule has 0 aliphatic rings. The van der Waals surface area contributed by atoms with Gasteiger partial charge in [-0.05, 0) is 43.7 Å². The SMILES string of the molecule is CCn1nc(-c2ccc(OC)c(C)c2)cc(C(N)=S)c1=O. The summed E-state index contributed by atoms with van der Waals surface area (Å²) in [4.78, 5) is 12.2. The molecule has 0 saturated heterocycles. The van der Waals surface area contributed by atoms with E-state index in [0.29, 0.717) is 17.8 Å². The lowest BCUT2D eigenvalue weighted by atomic mass is 10.1. The fraction of sp³-hybridized carbons (Fsp3) is 0.267. The number of nitrogens with zero attached hydrogens (tertiary/aromatic N) is 2. The molecular formula is C15H17N3O2S. The first-order chi connectivity index (χ1) is 9.97. The first-order valence-electron chi connectivity index (χ1n) is 6.55. The summed E-state index contributed by atoms with van der Waals surface area (Å²) in [6, 6.07) is 7.35. The molecule has 0 saturated carbocycles. The van der Waals surface area contributed by atoms with Gasteiger partial charge >= 0.3 is 0 Å². The minimum Gasteiger partial charge on any atom is -0.496 e. The maximum absolute atomic E-state index is 12.1. The molecule has 0 radical (unpaired) electrons.